The molecule has 2 heterocycles. The first kappa shape index (κ1) is 19.8. The summed E-state index contributed by atoms with van der Waals surface area (Å²) in [7, 11) is 0. The second kappa shape index (κ2) is 8.59. The summed E-state index contributed by atoms with van der Waals surface area (Å²) in [6, 6.07) is 6.64. The van der Waals surface area contributed by atoms with E-state index in [1.165, 1.54) is 17.4 Å². The number of piperazine rings is 1. The van der Waals surface area contributed by atoms with Crippen molar-refractivity contribution in [1.29, 1.82) is 0 Å². The molecular formula is C15H18Cl2FN3OS. The Balaban J connectivity index is 0.00000132. The Morgan fingerprint density at radius 1 is 1.39 bits per heavy atom. The Labute approximate surface area is 150 Å². The van der Waals surface area contributed by atoms with Crippen LogP contribution in [0, 0.1) is 5.82 Å². The average molecular weight is 378 g/mol. The van der Waals surface area contributed by atoms with Crippen LogP contribution < -0.4 is 5.32 Å². The number of halogens is 3. The Hall–Kier alpha value is -1.21. The van der Waals surface area contributed by atoms with E-state index in [4.69, 9.17) is 0 Å². The lowest BCUT2D eigenvalue weighted by Gasteiger charge is -2.33. The van der Waals surface area contributed by atoms with Gasteiger partial charge in [-0.15, -0.1) is 36.2 Å². The standard InChI is InChI=1S/C15H16FN3OS.2ClH/c1-10-8-17-6-7-19(10)15(20)13-9-18-14(21-13)11-4-2-3-5-12(11)16;;/h2-5,9-10,17H,6-8H2,1H3;2*1H/t10-;;/m1../s1. The van der Waals surface area contributed by atoms with Crippen molar-refractivity contribution in [1.82, 2.24) is 15.2 Å². The van der Waals surface area contributed by atoms with Crippen molar-refractivity contribution in [2.45, 2.75) is 13.0 Å². The number of rotatable bonds is 2. The number of aromatic nitrogens is 1. The molecule has 1 amide bonds. The van der Waals surface area contributed by atoms with Crippen molar-refractivity contribution in [2.24, 2.45) is 0 Å². The molecule has 2 aromatic rings. The highest BCUT2D eigenvalue weighted by molar-refractivity contribution is 7.16. The van der Waals surface area contributed by atoms with Crippen LogP contribution >= 0.6 is 36.2 Å². The summed E-state index contributed by atoms with van der Waals surface area (Å²) in [5.74, 6) is -0.342. The summed E-state index contributed by atoms with van der Waals surface area (Å²) >= 11 is 1.24. The lowest BCUT2D eigenvalue weighted by atomic mass is 10.2. The summed E-state index contributed by atoms with van der Waals surface area (Å²) < 4.78 is 13.8. The van der Waals surface area contributed by atoms with Gasteiger partial charge in [-0.2, -0.15) is 0 Å². The van der Waals surface area contributed by atoms with Crippen molar-refractivity contribution in [3.63, 3.8) is 0 Å². The zero-order chi connectivity index (χ0) is 14.8. The normalized spacial score (nSPS) is 17.1. The Kier molecular flexibility index (Phi) is 7.41. The van der Waals surface area contributed by atoms with Crippen molar-refractivity contribution in [3.05, 3.63) is 41.2 Å². The molecule has 0 radical (unpaired) electrons. The molecule has 0 spiro atoms. The van der Waals surface area contributed by atoms with Gasteiger partial charge in [-0.3, -0.25) is 4.79 Å². The van der Waals surface area contributed by atoms with E-state index in [0.29, 0.717) is 22.0 Å². The molecule has 0 unspecified atom stereocenters. The molecule has 3 rings (SSSR count). The molecule has 1 aliphatic heterocycles. The van der Waals surface area contributed by atoms with Gasteiger partial charge in [0.1, 0.15) is 15.7 Å². The van der Waals surface area contributed by atoms with E-state index in [-0.39, 0.29) is 42.6 Å². The van der Waals surface area contributed by atoms with E-state index in [0.717, 1.165) is 13.1 Å². The van der Waals surface area contributed by atoms with Crippen molar-refractivity contribution in [3.8, 4) is 10.6 Å². The van der Waals surface area contributed by atoms with Crippen LogP contribution in [0.5, 0.6) is 0 Å². The van der Waals surface area contributed by atoms with Gasteiger partial charge >= 0.3 is 0 Å². The zero-order valence-corrected chi connectivity index (χ0v) is 14.9. The van der Waals surface area contributed by atoms with Crippen LogP contribution in [0.1, 0.15) is 16.6 Å². The van der Waals surface area contributed by atoms with Crippen LogP contribution in [-0.4, -0.2) is 41.5 Å². The first-order valence-electron chi connectivity index (χ1n) is 6.89. The molecule has 1 N–H and O–H groups in total. The minimum atomic E-state index is -0.318. The fraction of sp³-hybridized carbons (Fsp3) is 0.333. The molecule has 1 aromatic heterocycles. The molecule has 23 heavy (non-hydrogen) atoms. The van der Waals surface area contributed by atoms with Crippen molar-refractivity contribution in [2.75, 3.05) is 19.6 Å². The predicted molar refractivity (Wildman–Crippen MR) is 95.4 cm³/mol. The van der Waals surface area contributed by atoms with Gasteiger partial charge in [0.15, 0.2) is 0 Å². The third-order valence-electron chi connectivity index (χ3n) is 3.58. The van der Waals surface area contributed by atoms with E-state index >= 15 is 0 Å². The monoisotopic (exact) mass is 377 g/mol. The van der Waals surface area contributed by atoms with Gasteiger partial charge in [-0.25, -0.2) is 9.37 Å². The van der Waals surface area contributed by atoms with Crippen molar-refractivity contribution < 1.29 is 9.18 Å². The minimum absolute atomic E-state index is 0. The lowest BCUT2D eigenvalue weighted by Crippen LogP contribution is -2.52. The molecule has 8 heteroatoms. The number of carbonyl (C=O) groups is 1. The minimum Gasteiger partial charge on any atom is -0.333 e. The largest absolute Gasteiger partial charge is 0.333 e. The molecule has 1 aromatic carbocycles. The molecule has 126 valence electrons. The molecule has 1 saturated heterocycles. The number of carbonyl (C=O) groups excluding carboxylic acids is 1. The summed E-state index contributed by atoms with van der Waals surface area (Å²) in [5, 5.41) is 3.79. The highest BCUT2D eigenvalue weighted by Gasteiger charge is 2.25. The van der Waals surface area contributed by atoms with E-state index in [1.807, 2.05) is 11.8 Å². The molecule has 1 aliphatic rings. The quantitative estimate of drug-likeness (QED) is 0.873. The summed E-state index contributed by atoms with van der Waals surface area (Å²) in [5.41, 5.74) is 0.440. The lowest BCUT2D eigenvalue weighted by molar-refractivity contribution is 0.0660. The highest BCUT2D eigenvalue weighted by atomic mass is 35.5. The maximum atomic E-state index is 13.8. The van der Waals surface area contributed by atoms with Crippen LogP contribution in [0.15, 0.2) is 30.5 Å². The van der Waals surface area contributed by atoms with E-state index in [2.05, 4.69) is 10.3 Å². The Bertz CT molecular complexity index is 668. The average Bonchev–Trinajstić information content (AvgIpc) is 2.97. The first-order chi connectivity index (χ1) is 10.2. The van der Waals surface area contributed by atoms with Crippen LogP contribution in [-0.2, 0) is 0 Å². The molecule has 1 fully saturated rings. The molecule has 0 saturated carbocycles. The maximum absolute atomic E-state index is 13.8. The van der Waals surface area contributed by atoms with Crippen molar-refractivity contribution >= 4 is 42.1 Å². The molecular weight excluding hydrogens is 360 g/mol. The molecule has 0 bridgehead atoms. The Morgan fingerprint density at radius 2 is 2.13 bits per heavy atom. The molecule has 4 nitrogen and oxygen atoms in total. The first-order valence-corrected chi connectivity index (χ1v) is 7.71. The van der Waals surface area contributed by atoms with Gasteiger partial charge in [-0.1, -0.05) is 12.1 Å². The predicted octanol–water partition coefficient (Wildman–Crippen LogP) is 3.23. The van der Waals surface area contributed by atoms with Gasteiger partial charge in [0.05, 0.1) is 6.20 Å². The van der Waals surface area contributed by atoms with Gasteiger partial charge in [-0.05, 0) is 19.1 Å². The van der Waals surface area contributed by atoms with E-state index < -0.39 is 0 Å². The number of nitrogens with one attached hydrogen (secondary N) is 1. The second-order valence-corrected chi connectivity index (χ2v) is 6.09. The fourth-order valence-electron chi connectivity index (χ4n) is 2.42. The number of hydrogen-bond acceptors (Lipinski definition) is 4. The van der Waals surface area contributed by atoms with Gasteiger partial charge < -0.3 is 10.2 Å². The highest BCUT2D eigenvalue weighted by Crippen LogP contribution is 2.28. The zero-order valence-electron chi connectivity index (χ0n) is 12.5. The van der Waals surface area contributed by atoms with Gasteiger partial charge in [0, 0.05) is 31.2 Å². The maximum Gasteiger partial charge on any atom is 0.265 e. The second-order valence-electron chi connectivity index (χ2n) is 5.06. The SMILES string of the molecule is C[C@@H]1CNCCN1C(=O)c1cnc(-c2ccccc2F)s1.Cl.Cl. The summed E-state index contributed by atoms with van der Waals surface area (Å²) in [6.45, 7) is 4.30. The molecule has 1 atom stereocenters. The van der Waals surface area contributed by atoms with E-state index in [9.17, 15) is 9.18 Å². The number of amides is 1. The Morgan fingerprint density at radius 3 is 2.83 bits per heavy atom. The summed E-state index contributed by atoms with van der Waals surface area (Å²) in [6.07, 6.45) is 1.55. The van der Waals surface area contributed by atoms with E-state index in [1.54, 1.807) is 24.4 Å². The topological polar surface area (TPSA) is 45.2 Å². The van der Waals surface area contributed by atoms with Crippen LogP contribution in [0.25, 0.3) is 10.6 Å². The van der Waals surface area contributed by atoms with Crippen LogP contribution in [0.3, 0.4) is 0 Å². The third-order valence-corrected chi connectivity index (χ3v) is 4.60. The number of benzene rings is 1. The van der Waals surface area contributed by atoms with Gasteiger partial charge in [0.2, 0.25) is 0 Å². The van der Waals surface area contributed by atoms with Crippen LogP contribution in [0.4, 0.5) is 4.39 Å². The fourth-order valence-corrected chi connectivity index (χ4v) is 3.32. The molecule has 0 aliphatic carbocycles. The van der Waals surface area contributed by atoms with Crippen LogP contribution in [0.2, 0.25) is 0 Å². The number of thiazole rings is 1. The summed E-state index contributed by atoms with van der Waals surface area (Å²) in [4.78, 5) is 19.1. The third kappa shape index (κ3) is 4.20. The number of nitrogens with zero attached hydrogens (tertiary/aromatic N) is 2. The number of hydrogen-bond donors (Lipinski definition) is 1. The smallest absolute Gasteiger partial charge is 0.265 e. The van der Waals surface area contributed by atoms with Gasteiger partial charge in [0.25, 0.3) is 5.91 Å².